The standard InChI is InChI=1S/C12H11BrClN/c1-3-9(7-15)12(14)11-5-4-10(13)6-8(11)2/h4-6H,3H2,1-2H3. The molecule has 1 nitrogen and oxygen atoms in total. The summed E-state index contributed by atoms with van der Waals surface area (Å²) in [5.74, 6) is 0. The van der Waals surface area contributed by atoms with Gasteiger partial charge in [0.15, 0.2) is 0 Å². The van der Waals surface area contributed by atoms with Gasteiger partial charge in [-0.15, -0.1) is 0 Å². The number of aryl methyl sites for hydroxylation is 1. The number of rotatable bonds is 2. The van der Waals surface area contributed by atoms with E-state index in [1.54, 1.807) is 0 Å². The molecule has 0 aliphatic heterocycles. The number of halogens is 2. The highest BCUT2D eigenvalue weighted by atomic mass is 79.9. The average molecular weight is 285 g/mol. The van der Waals surface area contributed by atoms with Crippen LogP contribution in [0.5, 0.6) is 0 Å². The molecule has 78 valence electrons. The Morgan fingerprint density at radius 1 is 1.53 bits per heavy atom. The Labute approximate surface area is 103 Å². The second-order valence-corrected chi connectivity index (χ2v) is 4.51. The van der Waals surface area contributed by atoms with E-state index in [1.165, 1.54) is 0 Å². The summed E-state index contributed by atoms with van der Waals surface area (Å²) in [6, 6.07) is 7.97. The molecule has 0 bridgehead atoms. The number of nitriles is 1. The minimum atomic E-state index is 0.560. The van der Waals surface area contributed by atoms with Crippen LogP contribution in [0.2, 0.25) is 0 Å². The molecular weight excluding hydrogens is 273 g/mol. The summed E-state index contributed by atoms with van der Waals surface area (Å²) in [6.07, 6.45) is 0.658. The zero-order chi connectivity index (χ0) is 11.4. The van der Waals surface area contributed by atoms with Crippen molar-refractivity contribution in [2.75, 3.05) is 0 Å². The number of nitrogens with zero attached hydrogens (tertiary/aromatic N) is 1. The van der Waals surface area contributed by atoms with E-state index in [0.29, 0.717) is 17.0 Å². The third kappa shape index (κ3) is 2.84. The largest absolute Gasteiger partial charge is 0.193 e. The topological polar surface area (TPSA) is 23.8 Å². The number of benzene rings is 1. The van der Waals surface area contributed by atoms with Crippen molar-refractivity contribution in [2.45, 2.75) is 20.3 Å². The quantitative estimate of drug-likeness (QED) is 0.726. The fourth-order valence-corrected chi connectivity index (χ4v) is 2.18. The molecule has 0 aromatic heterocycles. The monoisotopic (exact) mass is 283 g/mol. The predicted octanol–water partition coefficient (Wildman–Crippen LogP) is 4.64. The first kappa shape index (κ1) is 12.3. The van der Waals surface area contributed by atoms with Gasteiger partial charge in [-0.1, -0.05) is 40.5 Å². The molecular formula is C12H11BrClN. The first-order chi connectivity index (χ1) is 7.10. The van der Waals surface area contributed by atoms with Crippen LogP contribution in [-0.4, -0.2) is 0 Å². The van der Waals surface area contributed by atoms with Crippen LogP contribution in [0.15, 0.2) is 28.2 Å². The maximum absolute atomic E-state index is 8.90. The molecule has 0 fully saturated rings. The molecule has 0 saturated carbocycles. The van der Waals surface area contributed by atoms with Crippen LogP contribution in [0.25, 0.3) is 5.03 Å². The van der Waals surface area contributed by atoms with Gasteiger partial charge in [-0.3, -0.25) is 0 Å². The van der Waals surface area contributed by atoms with E-state index >= 15 is 0 Å². The number of allylic oxidation sites excluding steroid dienone is 1. The molecule has 0 aliphatic rings. The SMILES string of the molecule is CCC(C#N)=C(Cl)c1ccc(Br)cc1C. The van der Waals surface area contributed by atoms with Gasteiger partial charge >= 0.3 is 0 Å². The van der Waals surface area contributed by atoms with Gasteiger partial charge in [0.25, 0.3) is 0 Å². The summed E-state index contributed by atoms with van der Waals surface area (Å²) in [7, 11) is 0. The zero-order valence-corrected chi connectivity index (χ0v) is 11.0. The molecule has 0 saturated heterocycles. The van der Waals surface area contributed by atoms with Crippen molar-refractivity contribution in [1.82, 2.24) is 0 Å². The summed E-state index contributed by atoms with van der Waals surface area (Å²) in [5, 5.41) is 9.46. The van der Waals surface area contributed by atoms with E-state index in [9.17, 15) is 0 Å². The molecule has 0 aliphatic carbocycles. The van der Waals surface area contributed by atoms with Crippen molar-refractivity contribution in [3.63, 3.8) is 0 Å². The lowest BCUT2D eigenvalue weighted by molar-refractivity contribution is 1.16. The first-order valence-electron chi connectivity index (χ1n) is 4.65. The van der Waals surface area contributed by atoms with E-state index in [4.69, 9.17) is 16.9 Å². The molecule has 0 heterocycles. The fourth-order valence-electron chi connectivity index (χ4n) is 1.32. The number of hydrogen-bond donors (Lipinski definition) is 0. The number of hydrogen-bond acceptors (Lipinski definition) is 1. The lowest BCUT2D eigenvalue weighted by Gasteiger charge is -2.06. The van der Waals surface area contributed by atoms with Crippen LogP contribution < -0.4 is 0 Å². The van der Waals surface area contributed by atoms with Crippen LogP contribution in [-0.2, 0) is 0 Å². The van der Waals surface area contributed by atoms with E-state index < -0.39 is 0 Å². The van der Waals surface area contributed by atoms with Crippen LogP contribution in [0.4, 0.5) is 0 Å². The van der Waals surface area contributed by atoms with Crippen molar-refractivity contribution >= 4 is 32.6 Å². The Morgan fingerprint density at radius 2 is 2.20 bits per heavy atom. The minimum absolute atomic E-state index is 0.560. The van der Waals surface area contributed by atoms with Gasteiger partial charge < -0.3 is 0 Å². The summed E-state index contributed by atoms with van der Waals surface area (Å²) in [4.78, 5) is 0. The van der Waals surface area contributed by atoms with Gasteiger partial charge in [0.2, 0.25) is 0 Å². The minimum Gasteiger partial charge on any atom is -0.193 e. The highest BCUT2D eigenvalue weighted by Crippen LogP contribution is 2.28. The highest BCUT2D eigenvalue weighted by Gasteiger charge is 2.07. The molecule has 0 amide bonds. The highest BCUT2D eigenvalue weighted by molar-refractivity contribution is 9.10. The Bertz CT molecular complexity index is 443. The molecule has 15 heavy (non-hydrogen) atoms. The van der Waals surface area contributed by atoms with Gasteiger partial charge in [-0.05, 0) is 36.6 Å². The summed E-state index contributed by atoms with van der Waals surface area (Å²) in [6.45, 7) is 3.91. The molecule has 0 N–H and O–H groups in total. The zero-order valence-electron chi connectivity index (χ0n) is 8.64. The van der Waals surface area contributed by atoms with E-state index in [2.05, 4.69) is 22.0 Å². The normalized spacial score (nSPS) is 11.9. The lowest BCUT2D eigenvalue weighted by Crippen LogP contribution is -1.88. The second-order valence-electron chi connectivity index (χ2n) is 3.22. The molecule has 1 aromatic carbocycles. The Morgan fingerprint density at radius 3 is 2.67 bits per heavy atom. The average Bonchev–Trinajstić information content (AvgIpc) is 2.19. The van der Waals surface area contributed by atoms with Crippen molar-refractivity contribution in [3.05, 3.63) is 39.4 Å². The van der Waals surface area contributed by atoms with Crippen molar-refractivity contribution in [1.29, 1.82) is 5.26 Å². The van der Waals surface area contributed by atoms with Gasteiger partial charge in [0.05, 0.1) is 11.1 Å². The fraction of sp³-hybridized carbons (Fsp3) is 0.250. The molecule has 3 heteroatoms. The van der Waals surface area contributed by atoms with Gasteiger partial charge in [-0.25, -0.2) is 0 Å². The Balaban J connectivity index is 3.29. The van der Waals surface area contributed by atoms with Crippen molar-refractivity contribution in [3.8, 4) is 6.07 Å². The summed E-state index contributed by atoms with van der Waals surface area (Å²) < 4.78 is 1.02. The smallest absolute Gasteiger partial charge is 0.0962 e. The van der Waals surface area contributed by atoms with Crippen LogP contribution in [0.1, 0.15) is 24.5 Å². The van der Waals surface area contributed by atoms with Crippen molar-refractivity contribution < 1.29 is 0 Å². The second kappa shape index (κ2) is 5.34. The molecule has 1 rings (SSSR count). The molecule has 0 unspecified atom stereocenters. The first-order valence-corrected chi connectivity index (χ1v) is 5.82. The maximum Gasteiger partial charge on any atom is 0.0962 e. The maximum atomic E-state index is 8.90. The third-order valence-electron chi connectivity index (χ3n) is 2.18. The van der Waals surface area contributed by atoms with Gasteiger partial charge in [0.1, 0.15) is 0 Å². The molecule has 0 atom stereocenters. The van der Waals surface area contributed by atoms with E-state index in [1.807, 2.05) is 32.0 Å². The molecule has 1 aromatic rings. The van der Waals surface area contributed by atoms with E-state index in [-0.39, 0.29) is 0 Å². The third-order valence-corrected chi connectivity index (χ3v) is 3.10. The van der Waals surface area contributed by atoms with Crippen LogP contribution in [0.3, 0.4) is 0 Å². The summed E-state index contributed by atoms with van der Waals surface area (Å²) in [5.41, 5.74) is 2.62. The van der Waals surface area contributed by atoms with Gasteiger partial charge in [-0.2, -0.15) is 5.26 Å². The van der Waals surface area contributed by atoms with Gasteiger partial charge in [0, 0.05) is 10.0 Å². The Hall–Kier alpha value is -0.780. The van der Waals surface area contributed by atoms with Crippen LogP contribution in [0, 0.1) is 18.3 Å². The molecule has 0 radical (unpaired) electrons. The predicted molar refractivity (Wildman–Crippen MR) is 67.6 cm³/mol. The molecule has 0 spiro atoms. The Kier molecular flexibility index (Phi) is 4.38. The van der Waals surface area contributed by atoms with Crippen LogP contribution >= 0.6 is 27.5 Å². The lowest BCUT2D eigenvalue weighted by atomic mass is 10.0. The van der Waals surface area contributed by atoms with Crippen molar-refractivity contribution in [2.24, 2.45) is 0 Å². The summed E-state index contributed by atoms with van der Waals surface area (Å²) >= 11 is 9.56. The van der Waals surface area contributed by atoms with E-state index in [0.717, 1.165) is 15.6 Å².